The number of aryl methyl sites for hydroxylation is 2. The van der Waals surface area contributed by atoms with Crippen molar-refractivity contribution in [3.63, 3.8) is 0 Å². The first-order chi connectivity index (χ1) is 12.2. The lowest BCUT2D eigenvalue weighted by Gasteiger charge is -2.25. The van der Waals surface area contributed by atoms with Gasteiger partial charge >= 0.3 is 0 Å². The molecule has 2 aromatic rings. The Labute approximate surface area is 148 Å². The molecule has 1 N–H and O–H groups in total. The molecule has 25 heavy (non-hydrogen) atoms. The first kappa shape index (κ1) is 15.9. The quantitative estimate of drug-likeness (QED) is 0.923. The van der Waals surface area contributed by atoms with Crippen molar-refractivity contribution in [3.05, 3.63) is 40.6 Å². The fourth-order valence-corrected chi connectivity index (χ4v) is 3.77. The Morgan fingerprint density at radius 1 is 1.08 bits per heavy atom. The molecular weight excluding hydrogens is 310 g/mol. The number of aromatic nitrogens is 2. The number of rotatable bonds is 3. The molecule has 1 aliphatic carbocycles. The normalized spacial score (nSPS) is 16.4. The molecule has 0 radical (unpaired) electrons. The lowest BCUT2D eigenvalue weighted by molar-refractivity contribution is 0.660. The van der Waals surface area contributed by atoms with Crippen LogP contribution in [0.1, 0.15) is 48.1 Å². The van der Waals surface area contributed by atoms with E-state index in [0.29, 0.717) is 11.5 Å². The van der Waals surface area contributed by atoms with Crippen LogP contribution in [0, 0.1) is 18.3 Å². The number of hydrogen-bond donors (Lipinski definition) is 1. The second kappa shape index (κ2) is 6.72. The van der Waals surface area contributed by atoms with Crippen molar-refractivity contribution in [2.75, 3.05) is 23.3 Å². The first-order valence-corrected chi connectivity index (χ1v) is 9.17. The Hall–Kier alpha value is -2.61. The van der Waals surface area contributed by atoms with E-state index in [9.17, 15) is 5.26 Å². The van der Waals surface area contributed by atoms with Crippen LogP contribution in [0.5, 0.6) is 0 Å². The summed E-state index contributed by atoms with van der Waals surface area (Å²) in [6, 6.07) is 8.05. The SMILES string of the molecule is Cc1ccc(Nc2nc3c(c(N4CCCC4)n2)CCCC3)cc1C#N. The van der Waals surface area contributed by atoms with Crippen LogP contribution in [0.2, 0.25) is 0 Å². The summed E-state index contributed by atoms with van der Waals surface area (Å²) in [6.07, 6.45) is 7.03. The van der Waals surface area contributed by atoms with Gasteiger partial charge in [0.1, 0.15) is 5.82 Å². The second-order valence-electron chi connectivity index (χ2n) is 6.96. The number of fused-ring (bicyclic) bond motifs is 1. The fourth-order valence-electron chi connectivity index (χ4n) is 3.77. The predicted molar refractivity (Wildman–Crippen MR) is 99.3 cm³/mol. The summed E-state index contributed by atoms with van der Waals surface area (Å²) in [4.78, 5) is 12.1. The summed E-state index contributed by atoms with van der Waals surface area (Å²) < 4.78 is 0. The first-order valence-electron chi connectivity index (χ1n) is 9.17. The van der Waals surface area contributed by atoms with Crippen LogP contribution >= 0.6 is 0 Å². The highest BCUT2D eigenvalue weighted by Crippen LogP contribution is 2.31. The second-order valence-corrected chi connectivity index (χ2v) is 6.96. The topological polar surface area (TPSA) is 64.8 Å². The van der Waals surface area contributed by atoms with Crippen molar-refractivity contribution in [1.29, 1.82) is 5.26 Å². The molecule has 4 rings (SSSR count). The zero-order valence-corrected chi connectivity index (χ0v) is 14.7. The van der Waals surface area contributed by atoms with Crippen molar-refractivity contribution in [3.8, 4) is 6.07 Å². The Morgan fingerprint density at radius 2 is 1.88 bits per heavy atom. The lowest BCUT2D eigenvalue weighted by Crippen LogP contribution is -2.24. The highest BCUT2D eigenvalue weighted by molar-refractivity contribution is 5.61. The van der Waals surface area contributed by atoms with E-state index in [2.05, 4.69) is 16.3 Å². The molecule has 1 aromatic heterocycles. The maximum atomic E-state index is 9.24. The molecule has 128 valence electrons. The Morgan fingerprint density at radius 3 is 2.68 bits per heavy atom. The number of benzene rings is 1. The Balaban J connectivity index is 1.70. The largest absolute Gasteiger partial charge is 0.356 e. The van der Waals surface area contributed by atoms with Crippen LogP contribution in [0.4, 0.5) is 17.5 Å². The fraction of sp³-hybridized carbons (Fsp3) is 0.450. The molecule has 0 bridgehead atoms. The van der Waals surface area contributed by atoms with Crippen LogP contribution in [-0.2, 0) is 12.8 Å². The highest BCUT2D eigenvalue weighted by Gasteiger charge is 2.23. The average Bonchev–Trinajstić information content (AvgIpc) is 3.17. The maximum absolute atomic E-state index is 9.24. The van der Waals surface area contributed by atoms with Crippen molar-refractivity contribution in [2.24, 2.45) is 0 Å². The summed E-state index contributed by atoms with van der Waals surface area (Å²) in [5.74, 6) is 1.77. The minimum atomic E-state index is 0.648. The monoisotopic (exact) mass is 333 g/mol. The number of nitrogens with one attached hydrogen (secondary N) is 1. The van der Waals surface area contributed by atoms with E-state index in [-0.39, 0.29) is 0 Å². The molecule has 2 heterocycles. The summed E-state index contributed by atoms with van der Waals surface area (Å²) >= 11 is 0. The molecule has 1 saturated heterocycles. The molecule has 2 aliphatic rings. The van der Waals surface area contributed by atoms with Gasteiger partial charge in [0.15, 0.2) is 0 Å². The van der Waals surface area contributed by atoms with Crippen LogP contribution in [0.25, 0.3) is 0 Å². The van der Waals surface area contributed by atoms with Gasteiger partial charge < -0.3 is 10.2 Å². The predicted octanol–water partition coefficient (Wildman–Crippen LogP) is 3.88. The van der Waals surface area contributed by atoms with E-state index in [1.165, 1.54) is 36.9 Å². The maximum Gasteiger partial charge on any atom is 0.229 e. The minimum absolute atomic E-state index is 0.648. The third-order valence-corrected chi connectivity index (χ3v) is 5.18. The Bertz CT molecular complexity index is 831. The smallest absolute Gasteiger partial charge is 0.229 e. The number of hydrogen-bond acceptors (Lipinski definition) is 5. The van der Waals surface area contributed by atoms with Gasteiger partial charge in [-0.2, -0.15) is 10.2 Å². The van der Waals surface area contributed by atoms with E-state index in [1.807, 2.05) is 25.1 Å². The van der Waals surface area contributed by atoms with Gasteiger partial charge in [0.25, 0.3) is 0 Å². The van der Waals surface area contributed by atoms with E-state index in [1.54, 1.807) is 0 Å². The van der Waals surface area contributed by atoms with Gasteiger partial charge in [-0.25, -0.2) is 4.98 Å². The van der Waals surface area contributed by atoms with Crippen LogP contribution in [-0.4, -0.2) is 23.1 Å². The molecule has 0 atom stereocenters. The third-order valence-electron chi connectivity index (χ3n) is 5.18. The molecule has 5 nitrogen and oxygen atoms in total. The van der Waals surface area contributed by atoms with E-state index >= 15 is 0 Å². The number of nitrogens with zero attached hydrogens (tertiary/aromatic N) is 4. The molecule has 5 heteroatoms. The number of anilines is 3. The van der Waals surface area contributed by atoms with E-state index in [0.717, 1.165) is 43.0 Å². The summed E-state index contributed by atoms with van der Waals surface area (Å²) in [7, 11) is 0. The van der Waals surface area contributed by atoms with Gasteiger partial charge in [-0.05, 0) is 63.1 Å². The van der Waals surface area contributed by atoms with E-state index in [4.69, 9.17) is 9.97 Å². The summed E-state index contributed by atoms with van der Waals surface area (Å²) in [5.41, 5.74) is 5.07. The number of nitriles is 1. The van der Waals surface area contributed by atoms with Crippen molar-refractivity contribution in [2.45, 2.75) is 45.4 Å². The Kier molecular flexibility index (Phi) is 4.27. The lowest BCUT2D eigenvalue weighted by atomic mass is 9.96. The molecular formula is C20H23N5. The zero-order chi connectivity index (χ0) is 17.2. The van der Waals surface area contributed by atoms with Crippen molar-refractivity contribution in [1.82, 2.24) is 9.97 Å². The van der Waals surface area contributed by atoms with Crippen LogP contribution in [0.15, 0.2) is 18.2 Å². The molecule has 1 aliphatic heterocycles. The van der Waals surface area contributed by atoms with Crippen LogP contribution < -0.4 is 10.2 Å². The molecule has 0 spiro atoms. The summed E-state index contributed by atoms with van der Waals surface area (Å²) in [5, 5.41) is 12.6. The minimum Gasteiger partial charge on any atom is -0.356 e. The molecule has 0 amide bonds. The van der Waals surface area contributed by atoms with E-state index < -0.39 is 0 Å². The van der Waals surface area contributed by atoms with Gasteiger partial charge in [-0.1, -0.05) is 6.07 Å². The van der Waals surface area contributed by atoms with Crippen LogP contribution in [0.3, 0.4) is 0 Å². The van der Waals surface area contributed by atoms with Gasteiger partial charge in [0.05, 0.1) is 17.3 Å². The summed E-state index contributed by atoms with van der Waals surface area (Å²) in [6.45, 7) is 4.13. The van der Waals surface area contributed by atoms with Gasteiger partial charge in [-0.15, -0.1) is 0 Å². The molecule has 0 saturated carbocycles. The molecule has 1 aromatic carbocycles. The van der Waals surface area contributed by atoms with Gasteiger partial charge in [0, 0.05) is 24.3 Å². The average molecular weight is 333 g/mol. The van der Waals surface area contributed by atoms with Gasteiger partial charge in [-0.3, -0.25) is 0 Å². The zero-order valence-electron chi connectivity index (χ0n) is 14.7. The van der Waals surface area contributed by atoms with Crippen molar-refractivity contribution >= 4 is 17.5 Å². The van der Waals surface area contributed by atoms with Crippen molar-refractivity contribution < 1.29 is 0 Å². The van der Waals surface area contributed by atoms with Gasteiger partial charge in [0.2, 0.25) is 5.95 Å². The molecule has 0 unspecified atom stereocenters. The molecule has 1 fully saturated rings. The third kappa shape index (κ3) is 3.17. The highest BCUT2D eigenvalue weighted by atomic mass is 15.2. The standard InChI is InChI=1S/C20H23N5/c1-14-8-9-16(12-15(14)13-21)22-20-23-18-7-3-2-6-17(18)19(24-20)25-10-4-5-11-25/h8-9,12H,2-7,10-11H2,1H3,(H,22,23,24).